The molecule has 0 amide bonds. The van der Waals surface area contributed by atoms with Crippen molar-refractivity contribution in [2.75, 3.05) is 0 Å². The van der Waals surface area contributed by atoms with Gasteiger partial charge in [-0.1, -0.05) is 50.6 Å². The Labute approximate surface area is 93.7 Å². The SMILES string of the molecule is CCCC(C)C(N)CCc1ccccc1. The maximum Gasteiger partial charge on any atom is 0.00676 e. The minimum atomic E-state index is 0.352. The van der Waals surface area contributed by atoms with Gasteiger partial charge in [0.2, 0.25) is 0 Å². The zero-order valence-corrected chi connectivity index (χ0v) is 9.95. The molecule has 0 heterocycles. The number of hydrogen-bond acceptors (Lipinski definition) is 1. The molecule has 0 spiro atoms. The van der Waals surface area contributed by atoms with E-state index in [4.69, 9.17) is 5.73 Å². The van der Waals surface area contributed by atoms with Crippen molar-refractivity contribution in [2.45, 2.75) is 45.6 Å². The zero-order valence-electron chi connectivity index (χ0n) is 9.95. The first-order valence-electron chi connectivity index (χ1n) is 6.03. The Morgan fingerprint density at radius 3 is 2.40 bits per heavy atom. The lowest BCUT2D eigenvalue weighted by Crippen LogP contribution is -2.28. The fourth-order valence-corrected chi connectivity index (χ4v) is 1.93. The van der Waals surface area contributed by atoms with Crippen molar-refractivity contribution in [3.05, 3.63) is 35.9 Å². The monoisotopic (exact) mass is 205 g/mol. The largest absolute Gasteiger partial charge is 0.327 e. The fourth-order valence-electron chi connectivity index (χ4n) is 1.93. The van der Waals surface area contributed by atoms with Gasteiger partial charge >= 0.3 is 0 Å². The number of nitrogens with two attached hydrogens (primary N) is 1. The molecule has 1 rings (SSSR count). The van der Waals surface area contributed by atoms with E-state index < -0.39 is 0 Å². The standard InChI is InChI=1S/C14H23N/c1-3-7-12(2)14(15)11-10-13-8-5-4-6-9-13/h4-6,8-9,12,14H,3,7,10-11,15H2,1-2H3. The fraction of sp³-hybridized carbons (Fsp3) is 0.571. The van der Waals surface area contributed by atoms with Crippen molar-refractivity contribution in [2.24, 2.45) is 11.7 Å². The van der Waals surface area contributed by atoms with Crippen molar-refractivity contribution >= 4 is 0 Å². The Morgan fingerprint density at radius 2 is 1.80 bits per heavy atom. The molecule has 0 radical (unpaired) electrons. The van der Waals surface area contributed by atoms with Crippen LogP contribution in [0.3, 0.4) is 0 Å². The van der Waals surface area contributed by atoms with E-state index in [1.807, 2.05) is 0 Å². The summed E-state index contributed by atoms with van der Waals surface area (Å²) in [5.41, 5.74) is 7.55. The maximum atomic E-state index is 6.15. The predicted octanol–water partition coefficient (Wildman–Crippen LogP) is 3.38. The van der Waals surface area contributed by atoms with Crippen LogP contribution in [0.25, 0.3) is 0 Å². The third kappa shape index (κ3) is 4.48. The molecule has 1 nitrogen and oxygen atoms in total. The summed E-state index contributed by atoms with van der Waals surface area (Å²) in [6, 6.07) is 11.0. The maximum absolute atomic E-state index is 6.15. The van der Waals surface area contributed by atoms with Crippen LogP contribution >= 0.6 is 0 Å². The molecule has 0 aliphatic rings. The first-order valence-corrected chi connectivity index (χ1v) is 6.03. The zero-order chi connectivity index (χ0) is 11.1. The summed E-state index contributed by atoms with van der Waals surface area (Å²) in [4.78, 5) is 0. The summed E-state index contributed by atoms with van der Waals surface area (Å²) in [7, 11) is 0. The summed E-state index contributed by atoms with van der Waals surface area (Å²) >= 11 is 0. The Bertz CT molecular complexity index is 255. The van der Waals surface area contributed by atoms with Crippen LogP contribution in [-0.4, -0.2) is 6.04 Å². The minimum absolute atomic E-state index is 0.352. The molecule has 1 aromatic rings. The lowest BCUT2D eigenvalue weighted by atomic mass is 9.93. The molecule has 0 saturated heterocycles. The van der Waals surface area contributed by atoms with E-state index in [0.717, 1.165) is 12.8 Å². The number of hydrogen-bond donors (Lipinski definition) is 1. The predicted molar refractivity (Wildman–Crippen MR) is 66.8 cm³/mol. The second kappa shape index (κ2) is 6.62. The molecular formula is C14H23N. The first kappa shape index (κ1) is 12.3. The molecule has 0 bridgehead atoms. The van der Waals surface area contributed by atoms with Gasteiger partial charge < -0.3 is 5.73 Å². The summed E-state index contributed by atoms with van der Waals surface area (Å²) in [5, 5.41) is 0. The van der Waals surface area contributed by atoms with E-state index in [9.17, 15) is 0 Å². The molecule has 84 valence electrons. The van der Waals surface area contributed by atoms with E-state index >= 15 is 0 Å². The highest BCUT2D eigenvalue weighted by Gasteiger charge is 2.11. The van der Waals surface area contributed by atoms with Gasteiger partial charge in [-0.2, -0.15) is 0 Å². The average molecular weight is 205 g/mol. The van der Waals surface area contributed by atoms with Gasteiger partial charge in [0, 0.05) is 6.04 Å². The van der Waals surface area contributed by atoms with Gasteiger partial charge in [-0.15, -0.1) is 0 Å². The van der Waals surface area contributed by atoms with Gasteiger partial charge in [-0.25, -0.2) is 0 Å². The van der Waals surface area contributed by atoms with E-state index in [1.54, 1.807) is 0 Å². The average Bonchev–Trinajstić information content (AvgIpc) is 2.27. The Kier molecular flexibility index (Phi) is 5.41. The Hall–Kier alpha value is -0.820. The Balaban J connectivity index is 2.31. The smallest absolute Gasteiger partial charge is 0.00676 e. The van der Waals surface area contributed by atoms with Crippen molar-refractivity contribution in [1.29, 1.82) is 0 Å². The van der Waals surface area contributed by atoms with Crippen molar-refractivity contribution in [3.8, 4) is 0 Å². The highest BCUT2D eigenvalue weighted by Crippen LogP contribution is 2.14. The Morgan fingerprint density at radius 1 is 1.13 bits per heavy atom. The van der Waals surface area contributed by atoms with E-state index in [2.05, 4.69) is 44.2 Å². The number of benzene rings is 1. The van der Waals surface area contributed by atoms with Crippen LogP contribution in [0.5, 0.6) is 0 Å². The minimum Gasteiger partial charge on any atom is -0.327 e. The van der Waals surface area contributed by atoms with Crippen LogP contribution in [-0.2, 0) is 6.42 Å². The van der Waals surface area contributed by atoms with Crippen LogP contribution in [0.15, 0.2) is 30.3 Å². The van der Waals surface area contributed by atoms with Crippen LogP contribution in [0, 0.1) is 5.92 Å². The molecule has 2 N–H and O–H groups in total. The van der Waals surface area contributed by atoms with Gasteiger partial charge in [0.05, 0.1) is 0 Å². The highest BCUT2D eigenvalue weighted by molar-refractivity contribution is 5.14. The molecule has 0 saturated carbocycles. The van der Waals surface area contributed by atoms with Gasteiger partial charge in [0.1, 0.15) is 0 Å². The molecule has 2 unspecified atom stereocenters. The van der Waals surface area contributed by atoms with E-state index in [1.165, 1.54) is 18.4 Å². The molecule has 0 aliphatic heterocycles. The number of aryl methyl sites for hydroxylation is 1. The van der Waals surface area contributed by atoms with Gasteiger partial charge in [0.15, 0.2) is 0 Å². The second-order valence-electron chi connectivity index (χ2n) is 4.45. The van der Waals surface area contributed by atoms with Crippen LogP contribution in [0.2, 0.25) is 0 Å². The van der Waals surface area contributed by atoms with Crippen molar-refractivity contribution in [3.63, 3.8) is 0 Å². The summed E-state index contributed by atoms with van der Waals surface area (Å²) in [6.07, 6.45) is 4.69. The van der Waals surface area contributed by atoms with Gasteiger partial charge in [-0.05, 0) is 30.7 Å². The topological polar surface area (TPSA) is 26.0 Å². The molecule has 2 atom stereocenters. The lowest BCUT2D eigenvalue weighted by Gasteiger charge is -2.19. The molecule has 1 aromatic carbocycles. The van der Waals surface area contributed by atoms with Crippen molar-refractivity contribution < 1.29 is 0 Å². The lowest BCUT2D eigenvalue weighted by molar-refractivity contribution is 0.402. The van der Waals surface area contributed by atoms with Crippen LogP contribution in [0.4, 0.5) is 0 Å². The molecule has 0 aliphatic carbocycles. The van der Waals surface area contributed by atoms with Crippen molar-refractivity contribution in [1.82, 2.24) is 0 Å². The van der Waals surface area contributed by atoms with Gasteiger partial charge in [0.25, 0.3) is 0 Å². The highest BCUT2D eigenvalue weighted by atomic mass is 14.6. The van der Waals surface area contributed by atoms with E-state index in [0.29, 0.717) is 12.0 Å². The third-order valence-electron chi connectivity index (χ3n) is 3.08. The molecule has 0 fully saturated rings. The van der Waals surface area contributed by atoms with Crippen LogP contribution < -0.4 is 5.73 Å². The molecular weight excluding hydrogens is 182 g/mol. The normalized spacial score (nSPS) is 14.9. The second-order valence-corrected chi connectivity index (χ2v) is 4.45. The first-order chi connectivity index (χ1) is 7.24. The summed E-state index contributed by atoms with van der Waals surface area (Å²) in [5.74, 6) is 0.652. The third-order valence-corrected chi connectivity index (χ3v) is 3.08. The quantitative estimate of drug-likeness (QED) is 0.757. The molecule has 1 heteroatoms. The van der Waals surface area contributed by atoms with Gasteiger partial charge in [-0.3, -0.25) is 0 Å². The van der Waals surface area contributed by atoms with E-state index in [-0.39, 0.29) is 0 Å². The number of rotatable bonds is 6. The molecule has 15 heavy (non-hydrogen) atoms. The summed E-state index contributed by atoms with van der Waals surface area (Å²) < 4.78 is 0. The molecule has 0 aromatic heterocycles. The van der Waals surface area contributed by atoms with Crippen LogP contribution in [0.1, 0.15) is 38.7 Å². The summed E-state index contributed by atoms with van der Waals surface area (Å²) in [6.45, 7) is 4.49.